The maximum absolute atomic E-state index is 13.4. The summed E-state index contributed by atoms with van der Waals surface area (Å²) < 4.78 is 23.6. The van der Waals surface area contributed by atoms with E-state index in [4.69, 9.17) is 18.9 Å². The van der Waals surface area contributed by atoms with Gasteiger partial charge in [0, 0.05) is 41.4 Å². The Bertz CT molecular complexity index is 916. The molecule has 2 heterocycles. The first-order chi connectivity index (χ1) is 16.3. The van der Waals surface area contributed by atoms with Crippen LogP contribution in [0.25, 0.3) is 0 Å². The summed E-state index contributed by atoms with van der Waals surface area (Å²) >= 11 is 0. The van der Waals surface area contributed by atoms with Crippen LogP contribution in [0.1, 0.15) is 42.1 Å². The Morgan fingerprint density at radius 2 is 1.79 bits per heavy atom. The fourth-order valence-electron chi connectivity index (χ4n) is 4.58. The van der Waals surface area contributed by atoms with Crippen LogP contribution in [-0.4, -0.2) is 94.0 Å². The van der Waals surface area contributed by atoms with E-state index in [1.54, 1.807) is 38.2 Å². The minimum atomic E-state index is -0.488. The lowest BCUT2D eigenvalue weighted by molar-refractivity contribution is -0.147. The smallest absolute Gasteiger partial charge is 0.257 e. The number of amides is 2. The molecule has 9 nitrogen and oxygen atoms in total. The van der Waals surface area contributed by atoms with Crippen molar-refractivity contribution in [1.29, 1.82) is 5.26 Å². The molecule has 3 rings (SSSR count). The molecule has 9 heteroatoms. The van der Waals surface area contributed by atoms with E-state index in [9.17, 15) is 14.9 Å². The largest absolute Gasteiger partial charge is 0.490 e. The number of benzene rings is 1. The minimum absolute atomic E-state index is 0.0233. The molecular formula is C25H35N3O6. The van der Waals surface area contributed by atoms with Gasteiger partial charge >= 0.3 is 0 Å². The fourth-order valence-corrected chi connectivity index (χ4v) is 4.58. The van der Waals surface area contributed by atoms with Gasteiger partial charge in [0.25, 0.3) is 5.91 Å². The lowest BCUT2D eigenvalue weighted by Crippen LogP contribution is -2.47. The molecule has 0 aromatic heterocycles. The lowest BCUT2D eigenvalue weighted by Gasteiger charge is -2.37. The van der Waals surface area contributed by atoms with E-state index in [-0.39, 0.29) is 48.8 Å². The van der Waals surface area contributed by atoms with Crippen LogP contribution in [-0.2, 0) is 19.0 Å². The van der Waals surface area contributed by atoms with Crippen molar-refractivity contribution in [3.05, 3.63) is 29.3 Å². The summed E-state index contributed by atoms with van der Waals surface area (Å²) in [6, 6.07) is 6.86. The Kier molecular flexibility index (Phi) is 8.89. The molecule has 0 saturated carbocycles. The van der Waals surface area contributed by atoms with Crippen LogP contribution in [0.3, 0.4) is 0 Å². The zero-order valence-electron chi connectivity index (χ0n) is 20.7. The average molecular weight is 474 g/mol. The molecule has 1 aromatic rings. The van der Waals surface area contributed by atoms with Crippen LogP contribution < -0.4 is 4.74 Å². The number of nitriles is 1. The monoisotopic (exact) mass is 473 g/mol. The Labute approximate surface area is 201 Å². The number of hydrogen-bond donors (Lipinski definition) is 0. The number of fused-ring (bicyclic) bond motifs is 3. The maximum atomic E-state index is 13.4. The molecule has 0 aliphatic carbocycles. The van der Waals surface area contributed by atoms with E-state index in [1.807, 2.05) is 6.92 Å². The van der Waals surface area contributed by atoms with E-state index in [2.05, 4.69) is 6.07 Å². The van der Waals surface area contributed by atoms with Gasteiger partial charge in [0.1, 0.15) is 18.5 Å². The van der Waals surface area contributed by atoms with E-state index in [1.165, 1.54) is 18.1 Å². The molecule has 0 spiro atoms. The summed E-state index contributed by atoms with van der Waals surface area (Å²) in [6.07, 6.45) is 1.40. The Balaban J connectivity index is 1.96. The first kappa shape index (κ1) is 25.9. The van der Waals surface area contributed by atoms with Crippen LogP contribution in [0, 0.1) is 17.2 Å². The van der Waals surface area contributed by atoms with Crippen molar-refractivity contribution in [3.63, 3.8) is 0 Å². The summed E-state index contributed by atoms with van der Waals surface area (Å²) in [6.45, 7) is 2.80. The standard InChI is InChI=1S/C25H35N3O6/c1-16-22(32-5)14-28(3)25(30)19-12-17(13-26)6-8-20(19)33-15-23-21(31-4)9-7-18(34-23)10-11-27(2)24(16)29/h6,8,12,16,18,21-23H,7,9-11,14-15H2,1-5H3/t16-,18+,21-,22-,23+/m1/s1. The maximum Gasteiger partial charge on any atom is 0.257 e. The van der Waals surface area contributed by atoms with Gasteiger partial charge in [0.15, 0.2) is 0 Å². The highest BCUT2D eigenvalue weighted by atomic mass is 16.6. The molecule has 2 bridgehead atoms. The highest BCUT2D eigenvalue weighted by molar-refractivity contribution is 5.97. The molecular weight excluding hydrogens is 438 g/mol. The van der Waals surface area contributed by atoms with Gasteiger partial charge in [-0.1, -0.05) is 6.92 Å². The minimum Gasteiger partial charge on any atom is -0.490 e. The van der Waals surface area contributed by atoms with Crippen molar-refractivity contribution in [1.82, 2.24) is 9.80 Å². The van der Waals surface area contributed by atoms with Crippen molar-refractivity contribution in [2.45, 2.75) is 50.6 Å². The van der Waals surface area contributed by atoms with Crippen LogP contribution in [0.4, 0.5) is 0 Å². The second-order valence-electron chi connectivity index (χ2n) is 9.08. The lowest BCUT2D eigenvalue weighted by atomic mass is 9.98. The van der Waals surface area contributed by atoms with Gasteiger partial charge < -0.3 is 28.7 Å². The van der Waals surface area contributed by atoms with Gasteiger partial charge in [0.2, 0.25) is 5.91 Å². The van der Waals surface area contributed by atoms with E-state index in [0.717, 1.165) is 12.8 Å². The number of carbonyl (C=O) groups is 2. The summed E-state index contributed by atoms with van der Waals surface area (Å²) in [4.78, 5) is 29.7. The summed E-state index contributed by atoms with van der Waals surface area (Å²) in [7, 11) is 6.62. The number of methoxy groups -OCH3 is 2. The third kappa shape index (κ3) is 5.87. The van der Waals surface area contributed by atoms with Crippen molar-refractivity contribution in [2.24, 2.45) is 5.92 Å². The molecule has 0 unspecified atom stereocenters. The van der Waals surface area contributed by atoms with Gasteiger partial charge in [-0.3, -0.25) is 9.59 Å². The SMILES string of the molecule is CO[C@@H]1CC[C@H]2CCN(C)C(=O)[C@H](C)[C@H](OC)CN(C)C(=O)c3cc(C#N)ccc3OC[C@@H]1O2. The molecule has 2 aliphatic rings. The molecule has 5 atom stereocenters. The summed E-state index contributed by atoms with van der Waals surface area (Å²) in [5, 5.41) is 9.36. The molecule has 1 saturated heterocycles. The number of ether oxygens (including phenoxy) is 4. The predicted octanol–water partition coefficient (Wildman–Crippen LogP) is 2.08. The van der Waals surface area contributed by atoms with Gasteiger partial charge in [-0.25, -0.2) is 0 Å². The quantitative estimate of drug-likeness (QED) is 0.648. The zero-order chi connectivity index (χ0) is 24.8. The average Bonchev–Trinajstić information content (AvgIpc) is 2.86. The van der Waals surface area contributed by atoms with Crippen LogP contribution in [0.5, 0.6) is 5.75 Å². The molecule has 0 N–H and O–H groups in total. The van der Waals surface area contributed by atoms with E-state index >= 15 is 0 Å². The first-order valence-corrected chi connectivity index (χ1v) is 11.7. The number of rotatable bonds is 2. The van der Waals surface area contributed by atoms with Gasteiger partial charge in [-0.2, -0.15) is 5.26 Å². The Hall–Kier alpha value is -2.67. The van der Waals surface area contributed by atoms with Crippen molar-refractivity contribution >= 4 is 11.8 Å². The normalized spacial score (nSPS) is 29.2. The second kappa shape index (κ2) is 11.6. The summed E-state index contributed by atoms with van der Waals surface area (Å²) in [5.74, 6) is -0.434. The highest BCUT2D eigenvalue weighted by Crippen LogP contribution is 2.28. The molecule has 1 aromatic carbocycles. The van der Waals surface area contributed by atoms with Gasteiger partial charge in [0.05, 0.1) is 41.4 Å². The Morgan fingerprint density at radius 1 is 1.06 bits per heavy atom. The third-order valence-electron chi connectivity index (χ3n) is 6.81. The fraction of sp³-hybridized carbons (Fsp3) is 0.640. The zero-order valence-corrected chi connectivity index (χ0v) is 20.7. The Morgan fingerprint density at radius 3 is 2.47 bits per heavy atom. The molecule has 2 amide bonds. The van der Waals surface area contributed by atoms with Crippen LogP contribution in [0.15, 0.2) is 18.2 Å². The first-order valence-electron chi connectivity index (χ1n) is 11.7. The highest BCUT2D eigenvalue weighted by Gasteiger charge is 2.34. The van der Waals surface area contributed by atoms with Gasteiger partial charge in [-0.15, -0.1) is 0 Å². The second-order valence-corrected chi connectivity index (χ2v) is 9.08. The van der Waals surface area contributed by atoms with Crippen LogP contribution in [0.2, 0.25) is 0 Å². The number of likely N-dealkylation sites (N-methyl/N-ethyl adjacent to an activating group) is 1. The van der Waals surface area contributed by atoms with Crippen LogP contribution >= 0.6 is 0 Å². The summed E-state index contributed by atoms with van der Waals surface area (Å²) in [5.41, 5.74) is 0.636. The molecule has 34 heavy (non-hydrogen) atoms. The number of carbonyl (C=O) groups excluding carboxylic acids is 2. The number of hydrogen-bond acceptors (Lipinski definition) is 7. The van der Waals surface area contributed by atoms with Crippen molar-refractivity contribution in [3.8, 4) is 11.8 Å². The van der Waals surface area contributed by atoms with Gasteiger partial charge in [-0.05, 0) is 37.5 Å². The topological polar surface area (TPSA) is 101 Å². The predicted molar refractivity (Wildman–Crippen MR) is 125 cm³/mol. The van der Waals surface area contributed by atoms with Crippen molar-refractivity contribution < 1.29 is 28.5 Å². The van der Waals surface area contributed by atoms with E-state index in [0.29, 0.717) is 24.3 Å². The van der Waals surface area contributed by atoms with E-state index < -0.39 is 12.0 Å². The molecule has 186 valence electrons. The molecule has 2 aliphatic heterocycles. The molecule has 0 radical (unpaired) electrons. The molecule has 1 fully saturated rings. The van der Waals surface area contributed by atoms with Crippen molar-refractivity contribution in [2.75, 3.05) is 48.0 Å². The third-order valence-corrected chi connectivity index (χ3v) is 6.81. The number of nitrogens with zero attached hydrogens (tertiary/aromatic N) is 3.